The molecule has 0 atom stereocenters. The third-order valence-electron chi connectivity index (χ3n) is 2.83. The molecular weight excluding hydrogens is 330 g/mol. The van der Waals surface area contributed by atoms with E-state index in [-0.39, 0.29) is 5.56 Å². The molecule has 2 aromatic carbocycles. The maximum atomic E-state index is 13.5. The summed E-state index contributed by atoms with van der Waals surface area (Å²) in [4.78, 5) is 12.6. The molecule has 122 valence electrons. The van der Waals surface area contributed by atoms with Gasteiger partial charge in [0.2, 0.25) is 0 Å². The topological polar surface area (TPSA) is 84.5 Å². The van der Waals surface area contributed by atoms with Crippen molar-refractivity contribution in [1.82, 2.24) is 10.3 Å². The van der Waals surface area contributed by atoms with Crippen molar-refractivity contribution in [1.29, 1.82) is 0 Å². The largest absolute Gasteiger partial charge is 0.497 e. The zero-order valence-corrected chi connectivity index (χ0v) is 12.7. The minimum absolute atomic E-state index is 0.146. The van der Waals surface area contributed by atoms with Crippen molar-refractivity contribution in [3.8, 4) is 5.75 Å². The minimum atomic E-state index is -4.45. The van der Waals surface area contributed by atoms with E-state index in [1.807, 2.05) is 5.43 Å². The molecule has 9 heteroatoms. The number of carbonyl (C=O) groups is 1. The first-order chi connectivity index (χ1) is 10.8. The van der Waals surface area contributed by atoms with Crippen molar-refractivity contribution in [2.45, 2.75) is 4.90 Å². The van der Waals surface area contributed by atoms with Gasteiger partial charge in [0.15, 0.2) is 0 Å². The van der Waals surface area contributed by atoms with Crippen LogP contribution in [0.4, 0.5) is 8.78 Å². The van der Waals surface area contributed by atoms with E-state index < -0.39 is 32.5 Å². The van der Waals surface area contributed by atoms with Gasteiger partial charge < -0.3 is 4.74 Å². The highest BCUT2D eigenvalue weighted by Crippen LogP contribution is 2.15. The van der Waals surface area contributed by atoms with E-state index >= 15 is 0 Å². The molecule has 0 aromatic heterocycles. The Balaban J connectivity index is 2.12. The molecule has 0 saturated heterocycles. The third kappa shape index (κ3) is 4.02. The summed E-state index contributed by atoms with van der Waals surface area (Å²) < 4.78 is 55.2. The molecule has 0 fully saturated rings. The van der Waals surface area contributed by atoms with Gasteiger partial charge in [0.25, 0.3) is 15.9 Å². The second-order valence-corrected chi connectivity index (χ2v) is 6.01. The quantitative estimate of drug-likeness (QED) is 0.809. The van der Waals surface area contributed by atoms with Crippen LogP contribution in [0.15, 0.2) is 47.4 Å². The molecule has 0 aliphatic carbocycles. The predicted octanol–water partition coefficient (Wildman–Crippen LogP) is 1.60. The third-order valence-corrected chi connectivity index (χ3v) is 4.10. The van der Waals surface area contributed by atoms with Crippen molar-refractivity contribution >= 4 is 15.9 Å². The first kappa shape index (κ1) is 16.8. The van der Waals surface area contributed by atoms with Gasteiger partial charge in [0.05, 0.1) is 7.11 Å². The van der Waals surface area contributed by atoms with Crippen LogP contribution in [-0.2, 0) is 10.0 Å². The van der Waals surface area contributed by atoms with E-state index in [1.165, 1.54) is 31.4 Å². The Morgan fingerprint density at radius 1 is 1.09 bits per heavy atom. The lowest BCUT2D eigenvalue weighted by atomic mass is 10.2. The van der Waals surface area contributed by atoms with Gasteiger partial charge >= 0.3 is 0 Å². The van der Waals surface area contributed by atoms with Crippen molar-refractivity contribution in [3.63, 3.8) is 0 Å². The van der Waals surface area contributed by atoms with E-state index in [1.54, 1.807) is 4.83 Å². The lowest BCUT2D eigenvalue weighted by molar-refractivity contribution is 0.0945. The SMILES string of the molecule is COc1ccc(C(=O)NNS(=O)(=O)c2cc(F)ccc2F)cc1. The number of halogens is 2. The van der Waals surface area contributed by atoms with E-state index in [2.05, 4.69) is 0 Å². The Labute approximate surface area is 131 Å². The summed E-state index contributed by atoms with van der Waals surface area (Å²) in [6.07, 6.45) is 0. The van der Waals surface area contributed by atoms with Crippen LogP contribution in [0, 0.1) is 11.6 Å². The number of ether oxygens (including phenoxy) is 1. The number of carbonyl (C=O) groups excluding carboxylic acids is 1. The highest BCUT2D eigenvalue weighted by atomic mass is 32.2. The number of nitrogens with one attached hydrogen (secondary N) is 2. The number of benzene rings is 2. The highest BCUT2D eigenvalue weighted by Gasteiger charge is 2.21. The minimum Gasteiger partial charge on any atom is -0.497 e. The van der Waals surface area contributed by atoms with Crippen LogP contribution >= 0.6 is 0 Å². The second kappa shape index (κ2) is 6.71. The fourth-order valence-corrected chi connectivity index (χ4v) is 2.60. The molecule has 0 saturated carbocycles. The van der Waals surface area contributed by atoms with Gasteiger partial charge in [-0.15, -0.1) is 4.83 Å². The number of amides is 1. The lowest BCUT2D eigenvalue weighted by Crippen LogP contribution is -2.41. The zero-order valence-electron chi connectivity index (χ0n) is 11.8. The van der Waals surface area contributed by atoms with Gasteiger partial charge in [-0.1, -0.05) is 0 Å². The highest BCUT2D eigenvalue weighted by molar-refractivity contribution is 7.89. The molecule has 0 bridgehead atoms. The standard InChI is InChI=1S/C14H12F2N2O4S/c1-22-11-5-2-9(3-6-11)14(19)17-18-23(20,21)13-8-10(15)4-7-12(13)16/h2-8,18H,1H3,(H,17,19). The molecule has 2 N–H and O–H groups in total. The molecule has 0 spiro atoms. The summed E-state index contributed by atoms with van der Waals surface area (Å²) in [5.41, 5.74) is 2.06. The number of sulfonamides is 1. The number of rotatable bonds is 5. The molecule has 0 heterocycles. The van der Waals surface area contributed by atoms with E-state index in [4.69, 9.17) is 4.74 Å². The van der Waals surface area contributed by atoms with Gasteiger partial charge in [-0.25, -0.2) is 17.2 Å². The van der Waals surface area contributed by atoms with Crippen LogP contribution in [0.1, 0.15) is 10.4 Å². The van der Waals surface area contributed by atoms with Gasteiger partial charge in [-0.05, 0) is 42.5 Å². The molecule has 0 aliphatic rings. The van der Waals surface area contributed by atoms with E-state index in [9.17, 15) is 22.0 Å². The fraction of sp³-hybridized carbons (Fsp3) is 0.0714. The second-order valence-electron chi connectivity index (χ2n) is 4.36. The van der Waals surface area contributed by atoms with Gasteiger partial charge in [-0.3, -0.25) is 10.2 Å². The summed E-state index contributed by atoms with van der Waals surface area (Å²) in [5, 5.41) is 0. The average Bonchev–Trinajstić information content (AvgIpc) is 2.55. The molecule has 23 heavy (non-hydrogen) atoms. The van der Waals surface area contributed by atoms with Crippen LogP contribution in [0.2, 0.25) is 0 Å². The molecule has 2 rings (SSSR count). The Kier molecular flexibility index (Phi) is 4.92. The van der Waals surface area contributed by atoms with Gasteiger partial charge in [0.1, 0.15) is 22.3 Å². The van der Waals surface area contributed by atoms with Crippen LogP contribution in [-0.4, -0.2) is 21.4 Å². The molecule has 0 radical (unpaired) electrons. The molecular formula is C14H12F2N2O4S. The normalized spacial score (nSPS) is 11.1. The Hall–Kier alpha value is -2.52. The van der Waals surface area contributed by atoms with Gasteiger partial charge in [-0.2, -0.15) is 0 Å². The van der Waals surface area contributed by atoms with Crippen LogP contribution in [0.25, 0.3) is 0 Å². The maximum Gasteiger partial charge on any atom is 0.266 e. The molecule has 0 aliphatic heterocycles. The molecule has 0 unspecified atom stereocenters. The van der Waals surface area contributed by atoms with Crippen LogP contribution < -0.4 is 15.0 Å². The van der Waals surface area contributed by atoms with Crippen LogP contribution in [0.3, 0.4) is 0 Å². The van der Waals surface area contributed by atoms with Crippen molar-refractivity contribution in [2.75, 3.05) is 7.11 Å². The average molecular weight is 342 g/mol. The monoisotopic (exact) mass is 342 g/mol. The predicted molar refractivity (Wildman–Crippen MR) is 77.1 cm³/mol. The fourth-order valence-electron chi connectivity index (χ4n) is 1.67. The number of methoxy groups -OCH3 is 1. The van der Waals surface area contributed by atoms with Crippen molar-refractivity contribution in [3.05, 3.63) is 59.7 Å². The Morgan fingerprint density at radius 2 is 1.74 bits per heavy atom. The first-order valence-corrected chi connectivity index (χ1v) is 7.73. The Morgan fingerprint density at radius 3 is 2.35 bits per heavy atom. The Bertz CT molecular complexity index is 823. The van der Waals surface area contributed by atoms with Crippen molar-refractivity contribution < 1.29 is 26.7 Å². The summed E-state index contributed by atoms with van der Waals surface area (Å²) >= 11 is 0. The molecule has 1 amide bonds. The zero-order chi connectivity index (χ0) is 17.0. The summed E-state index contributed by atoms with van der Waals surface area (Å²) in [7, 11) is -3.00. The smallest absolute Gasteiger partial charge is 0.266 e. The number of hydrazine groups is 1. The van der Waals surface area contributed by atoms with Gasteiger partial charge in [0, 0.05) is 5.56 Å². The summed E-state index contributed by atoms with van der Waals surface area (Å²) in [6.45, 7) is 0. The first-order valence-electron chi connectivity index (χ1n) is 6.25. The number of hydrogen-bond donors (Lipinski definition) is 2. The summed E-state index contributed by atoms with van der Waals surface area (Å²) in [6, 6.07) is 7.80. The maximum absolute atomic E-state index is 13.5. The molecule has 2 aromatic rings. The summed E-state index contributed by atoms with van der Waals surface area (Å²) in [5.74, 6) is -2.32. The van der Waals surface area contributed by atoms with E-state index in [0.29, 0.717) is 17.9 Å². The van der Waals surface area contributed by atoms with E-state index in [0.717, 1.165) is 6.07 Å². The van der Waals surface area contributed by atoms with Crippen molar-refractivity contribution in [2.24, 2.45) is 0 Å². The lowest BCUT2D eigenvalue weighted by Gasteiger charge is -2.09. The van der Waals surface area contributed by atoms with Crippen LogP contribution in [0.5, 0.6) is 5.75 Å². The number of hydrogen-bond acceptors (Lipinski definition) is 4. The molecule has 6 nitrogen and oxygen atoms in total.